The second-order valence-corrected chi connectivity index (χ2v) is 8.34. The summed E-state index contributed by atoms with van der Waals surface area (Å²) in [4.78, 5) is 11.6. The first-order valence-electron chi connectivity index (χ1n) is 11.0. The van der Waals surface area contributed by atoms with Crippen LogP contribution < -0.4 is 4.74 Å². The van der Waals surface area contributed by atoms with Gasteiger partial charge in [-0.3, -0.25) is 0 Å². The van der Waals surface area contributed by atoms with Gasteiger partial charge in [-0.05, 0) is 66.8 Å². The number of rotatable bonds is 4. The van der Waals surface area contributed by atoms with Crippen molar-refractivity contribution in [2.24, 2.45) is 5.16 Å². The first-order valence-corrected chi connectivity index (χ1v) is 11.0. The Morgan fingerprint density at radius 3 is 2.62 bits per heavy atom. The molecule has 0 saturated carbocycles. The normalized spacial score (nSPS) is 17.9. The molecule has 1 atom stereocenters. The number of aryl methyl sites for hydroxylation is 1. The first kappa shape index (κ1) is 22.1. The molecule has 0 N–H and O–H groups in total. The average Bonchev–Trinajstić information content (AvgIpc) is 3.15. The molecule has 2 aliphatic rings. The molecular weight excluding hydrogens is 445 g/mol. The Morgan fingerprint density at radius 1 is 1.12 bits per heavy atom. The molecule has 0 amide bonds. The molecule has 2 aromatic carbocycles. The molecule has 176 valence electrons. The molecule has 34 heavy (non-hydrogen) atoms. The maximum absolute atomic E-state index is 13.9. The van der Waals surface area contributed by atoms with Gasteiger partial charge in [-0.2, -0.15) is 0 Å². The number of methoxy groups -OCH3 is 1. The van der Waals surface area contributed by atoms with Crippen LogP contribution in [0.1, 0.15) is 35.7 Å². The number of nitrogens with zero attached hydrogens (tertiary/aromatic N) is 4. The van der Waals surface area contributed by atoms with E-state index in [2.05, 4.69) is 10.1 Å². The molecule has 6 nitrogen and oxygen atoms in total. The summed E-state index contributed by atoms with van der Waals surface area (Å²) in [6.45, 7) is 2.65. The van der Waals surface area contributed by atoms with Crippen molar-refractivity contribution in [1.82, 2.24) is 14.5 Å². The summed E-state index contributed by atoms with van der Waals surface area (Å²) in [5.41, 5.74) is 4.10. The van der Waals surface area contributed by atoms with E-state index in [9.17, 15) is 13.2 Å². The molecule has 0 bridgehead atoms. The molecule has 2 aliphatic heterocycles. The molecular formula is C25H23F3N4O2. The lowest BCUT2D eigenvalue weighted by Gasteiger charge is -2.35. The van der Waals surface area contributed by atoms with E-state index in [1.54, 1.807) is 13.4 Å². The van der Waals surface area contributed by atoms with Crippen LogP contribution in [-0.2, 0) is 4.84 Å². The van der Waals surface area contributed by atoms with Gasteiger partial charge in [-0.15, -0.1) is 0 Å². The monoisotopic (exact) mass is 468 g/mol. The molecule has 0 unspecified atom stereocenters. The van der Waals surface area contributed by atoms with E-state index < -0.39 is 23.5 Å². The number of oxime groups is 1. The fraction of sp³-hybridized carbons (Fsp3) is 0.280. The Kier molecular flexibility index (Phi) is 5.77. The molecule has 0 radical (unpaired) electrons. The number of ether oxygens (including phenoxy) is 1. The summed E-state index contributed by atoms with van der Waals surface area (Å²) in [6.07, 6.45) is 7.14. The maximum atomic E-state index is 13.9. The van der Waals surface area contributed by atoms with Gasteiger partial charge in [-0.25, -0.2) is 18.2 Å². The van der Waals surface area contributed by atoms with Gasteiger partial charge in [0, 0.05) is 12.7 Å². The van der Waals surface area contributed by atoms with Crippen LogP contribution in [0.25, 0.3) is 11.3 Å². The molecule has 3 heterocycles. The van der Waals surface area contributed by atoms with Gasteiger partial charge in [0.25, 0.3) is 0 Å². The zero-order valence-electron chi connectivity index (χ0n) is 18.8. The van der Waals surface area contributed by atoms with E-state index in [-0.39, 0.29) is 6.61 Å². The van der Waals surface area contributed by atoms with Gasteiger partial charge in [0.2, 0.25) is 0 Å². The van der Waals surface area contributed by atoms with Crippen molar-refractivity contribution < 1.29 is 22.7 Å². The van der Waals surface area contributed by atoms with Crippen molar-refractivity contribution >= 4 is 11.4 Å². The van der Waals surface area contributed by atoms with Crippen molar-refractivity contribution in [3.8, 4) is 11.4 Å². The highest BCUT2D eigenvalue weighted by molar-refractivity contribution is 6.00. The number of amidine groups is 1. The average molecular weight is 468 g/mol. The predicted molar refractivity (Wildman–Crippen MR) is 121 cm³/mol. The molecule has 1 aromatic heterocycles. The minimum Gasteiger partial charge on any atom is -0.495 e. The minimum atomic E-state index is -1.48. The lowest BCUT2D eigenvalue weighted by atomic mass is 10.0. The zero-order chi connectivity index (χ0) is 23.8. The SMILES string of the molecule is COc1cc(C2=CC3=NOC[C@H](c4cc(F)c(F)c(F)c4)N3CCC2)ccc1-n1cnc(C)c1. The highest BCUT2D eigenvalue weighted by Gasteiger charge is 2.31. The number of allylic oxidation sites excluding steroid dienone is 1. The van der Waals surface area contributed by atoms with Gasteiger partial charge in [0.1, 0.15) is 12.4 Å². The van der Waals surface area contributed by atoms with E-state index in [1.165, 1.54) is 0 Å². The topological polar surface area (TPSA) is 51.9 Å². The van der Waals surface area contributed by atoms with Crippen molar-refractivity contribution in [2.75, 3.05) is 20.3 Å². The summed E-state index contributed by atoms with van der Waals surface area (Å²) in [5.74, 6) is -2.65. The van der Waals surface area contributed by atoms with Crippen LogP contribution in [0.15, 0.2) is 54.1 Å². The summed E-state index contributed by atoms with van der Waals surface area (Å²) in [7, 11) is 1.63. The van der Waals surface area contributed by atoms with Crippen LogP contribution in [0, 0.1) is 24.4 Å². The molecule has 5 rings (SSSR count). The Bertz CT molecular complexity index is 1280. The highest BCUT2D eigenvalue weighted by atomic mass is 19.2. The van der Waals surface area contributed by atoms with Crippen LogP contribution in [-0.4, -0.2) is 40.5 Å². The molecule has 0 spiro atoms. The molecule has 0 fully saturated rings. The largest absolute Gasteiger partial charge is 0.495 e. The third kappa shape index (κ3) is 4.02. The van der Waals surface area contributed by atoms with E-state index in [0.717, 1.165) is 47.5 Å². The number of halogens is 3. The third-order valence-corrected chi connectivity index (χ3v) is 6.14. The van der Waals surface area contributed by atoms with Crippen LogP contribution in [0.4, 0.5) is 13.2 Å². The Morgan fingerprint density at radius 2 is 1.91 bits per heavy atom. The smallest absolute Gasteiger partial charge is 0.194 e. The van der Waals surface area contributed by atoms with E-state index in [1.807, 2.05) is 46.9 Å². The van der Waals surface area contributed by atoms with Crippen molar-refractivity contribution in [1.29, 1.82) is 0 Å². The maximum Gasteiger partial charge on any atom is 0.194 e. The minimum absolute atomic E-state index is 0.115. The summed E-state index contributed by atoms with van der Waals surface area (Å²) < 4.78 is 48.8. The molecule has 0 aliphatic carbocycles. The van der Waals surface area contributed by atoms with Crippen LogP contribution in [0.2, 0.25) is 0 Å². The lowest BCUT2D eigenvalue weighted by Crippen LogP contribution is -2.39. The highest BCUT2D eigenvalue weighted by Crippen LogP contribution is 2.34. The molecule has 3 aromatic rings. The molecule has 0 saturated heterocycles. The number of fused-ring (bicyclic) bond motifs is 1. The van der Waals surface area contributed by atoms with Gasteiger partial charge in [0.05, 0.1) is 30.9 Å². The van der Waals surface area contributed by atoms with Crippen molar-refractivity contribution in [3.05, 3.63) is 83.2 Å². The fourth-order valence-electron chi connectivity index (χ4n) is 4.44. The second-order valence-electron chi connectivity index (χ2n) is 8.34. The third-order valence-electron chi connectivity index (χ3n) is 6.14. The van der Waals surface area contributed by atoms with Crippen LogP contribution in [0.5, 0.6) is 5.75 Å². The fourth-order valence-corrected chi connectivity index (χ4v) is 4.44. The summed E-state index contributed by atoms with van der Waals surface area (Å²) in [6, 6.07) is 7.53. The Labute approximate surface area is 194 Å². The molecule has 9 heteroatoms. The van der Waals surface area contributed by atoms with Gasteiger partial charge in [-0.1, -0.05) is 11.2 Å². The van der Waals surface area contributed by atoms with E-state index >= 15 is 0 Å². The van der Waals surface area contributed by atoms with Gasteiger partial charge < -0.3 is 19.0 Å². The summed E-state index contributed by atoms with van der Waals surface area (Å²) >= 11 is 0. The number of benzene rings is 2. The van der Waals surface area contributed by atoms with Crippen molar-refractivity contribution in [2.45, 2.75) is 25.8 Å². The second kappa shape index (κ2) is 8.89. The Balaban J connectivity index is 1.47. The van der Waals surface area contributed by atoms with E-state index in [0.29, 0.717) is 23.7 Å². The van der Waals surface area contributed by atoms with Crippen LogP contribution in [0.3, 0.4) is 0 Å². The lowest BCUT2D eigenvalue weighted by molar-refractivity contribution is 0.0613. The number of hydrogen-bond donors (Lipinski definition) is 0. The van der Waals surface area contributed by atoms with Crippen molar-refractivity contribution in [3.63, 3.8) is 0 Å². The number of imidazole rings is 1. The van der Waals surface area contributed by atoms with Gasteiger partial charge in [0.15, 0.2) is 23.3 Å². The van der Waals surface area contributed by atoms with Gasteiger partial charge >= 0.3 is 0 Å². The standard InChI is InChI=1S/C25H23F3N4O2/c1-15-12-31(14-29-15)21-6-5-17(10-23(21)33-2)16-4-3-7-32-22(13-34-30-24(32)11-16)18-8-19(26)25(28)20(27)9-18/h5-6,8-12,14,22H,3-4,7,13H2,1-2H3/t22-/m1/s1. The van der Waals surface area contributed by atoms with E-state index in [4.69, 9.17) is 9.57 Å². The first-order chi connectivity index (χ1) is 16.4. The summed E-state index contributed by atoms with van der Waals surface area (Å²) in [5, 5.41) is 4.20. The predicted octanol–water partition coefficient (Wildman–Crippen LogP) is 5.17. The quantitative estimate of drug-likeness (QED) is 0.496. The number of aromatic nitrogens is 2. The Hall–Kier alpha value is -3.75. The number of hydrogen-bond acceptors (Lipinski definition) is 5. The zero-order valence-corrected chi connectivity index (χ0v) is 18.8. The van der Waals surface area contributed by atoms with Crippen LogP contribution >= 0.6 is 0 Å².